The predicted octanol–water partition coefficient (Wildman–Crippen LogP) is 3.47. The van der Waals surface area contributed by atoms with Gasteiger partial charge >= 0.3 is 0 Å². The number of nitrogens with two attached hydrogens (primary N) is 1. The van der Waals surface area contributed by atoms with E-state index < -0.39 is 0 Å². The summed E-state index contributed by atoms with van der Waals surface area (Å²) in [7, 11) is 0. The first-order valence-electron chi connectivity index (χ1n) is 7.35. The van der Waals surface area contributed by atoms with Gasteiger partial charge in [-0.3, -0.25) is 0 Å². The lowest BCUT2D eigenvalue weighted by atomic mass is 10.2. The molecule has 0 radical (unpaired) electrons. The zero-order chi connectivity index (χ0) is 15.0. The van der Waals surface area contributed by atoms with Gasteiger partial charge in [0.15, 0.2) is 5.96 Å². The van der Waals surface area contributed by atoms with Crippen molar-refractivity contribution in [2.75, 3.05) is 6.54 Å². The molecule has 2 unspecified atom stereocenters. The van der Waals surface area contributed by atoms with Crippen molar-refractivity contribution in [2.24, 2.45) is 10.7 Å². The van der Waals surface area contributed by atoms with Crippen LogP contribution in [0.1, 0.15) is 39.2 Å². The van der Waals surface area contributed by atoms with Crippen LogP contribution in [0.3, 0.4) is 0 Å². The first-order chi connectivity index (χ1) is 9.56. The van der Waals surface area contributed by atoms with Crippen LogP contribution in [-0.4, -0.2) is 24.7 Å². The van der Waals surface area contributed by atoms with Crippen molar-refractivity contribution in [1.29, 1.82) is 0 Å². The number of para-hydroxylation sites is 1. The molecule has 0 heterocycles. The fourth-order valence-electron chi connectivity index (χ4n) is 1.72. The number of aliphatic imine (C=N–C) groups is 1. The second-order valence-corrected chi connectivity index (χ2v) is 5.09. The van der Waals surface area contributed by atoms with Gasteiger partial charge in [-0.05, 0) is 38.3 Å². The average molecular weight is 405 g/mol. The molecule has 0 aliphatic carbocycles. The van der Waals surface area contributed by atoms with Crippen LogP contribution >= 0.6 is 24.0 Å². The number of hydrogen-bond donors (Lipinski definition) is 2. The van der Waals surface area contributed by atoms with Crippen molar-refractivity contribution in [1.82, 2.24) is 5.32 Å². The van der Waals surface area contributed by atoms with Gasteiger partial charge in [-0.1, -0.05) is 32.0 Å². The van der Waals surface area contributed by atoms with E-state index in [2.05, 4.69) is 31.1 Å². The second kappa shape index (κ2) is 10.7. The number of nitrogens with one attached hydrogen (secondary N) is 1. The van der Waals surface area contributed by atoms with Crippen molar-refractivity contribution in [3.63, 3.8) is 0 Å². The van der Waals surface area contributed by atoms with Crippen LogP contribution in [0.5, 0.6) is 5.75 Å². The number of halogens is 1. The van der Waals surface area contributed by atoms with Gasteiger partial charge in [0.1, 0.15) is 11.9 Å². The van der Waals surface area contributed by atoms with Crippen molar-refractivity contribution < 1.29 is 4.74 Å². The number of aryl methyl sites for hydroxylation is 1. The Hall–Kier alpha value is -0.980. The Balaban J connectivity index is 0.00000400. The topological polar surface area (TPSA) is 59.6 Å². The molecule has 4 nitrogen and oxygen atoms in total. The van der Waals surface area contributed by atoms with Crippen LogP contribution in [0.25, 0.3) is 0 Å². The molecule has 3 N–H and O–H groups in total. The lowest BCUT2D eigenvalue weighted by molar-refractivity contribution is 0.204. The van der Waals surface area contributed by atoms with Gasteiger partial charge in [0.25, 0.3) is 0 Å². The molecule has 2 atom stereocenters. The number of hydrogen-bond acceptors (Lipinski definition) is 2. The Morgan fingerprint density at radius 2 is 1.95 bits per heavy atom. The minimum atomic E-state index is 0. The summed E-state index contributed by atoms with van der Waals surface area (Å²) in [5, 5.41) is 3.16. The van der Waals surface area contributed by atoms with Gasteiger partial charge in [-0.25, -0.2) is 4.99 Å². The van der Waals surface area contributed by atoms with Crippen molar-refractivity contribution in [3.05, 3.63) is 29.8 Å². The van der Waals surface area contributed by atoms with Gasteiger partial charge in [0.05, 0.1) is 6.54 Å². The van der Waals surface area contributed by atoms with Crippen LogP contribution in [0, 0.1) is 6.92 Å². The fraction of sp³-hybridized carbons (Fsp3) is 0.562. The molecule has 0 saturated carbocycles. The summed E-state index contributed by atoms with van der Waals surface area (Å²) in [6.07, 6.45) is 1.97. The van der Waals surface area contributed by atoms with Crippen molar-refractivity contribution >= 4 is 29.9 Å². The smallest absolute Gasteiger partial charge is 0.188 e. The number of ether oxygens (including phenoxy) is 1. The lowest BCUT2D eigenvalue weighted by Gasteiger charge is -2.18. The second-order valence-electron chi connectivity index (χ2n) is 5.09. The van der Waals surface area contributed by atoms with E-state index in [4.69, 9.17) is 10.5 Å². The maximum atomic E-state index is 5.99. The zero-order valence-corrected chi connectivity index (χ0v) is 15.8. The summed E-state index contributed by atoms with van der Waals surface area (Å²) in [5.41, 5.74) is 7.00. The molecular weight excluding hydrogens is 377 g/mol. The summed E-state index contributed by atoms with van der Waals surface area (Å²) < 4.78 is 5.99. The van der Waals surface area contributed by atoms with E-state index in [-0.39, 0.29) is 30.1 Å². The Labute approximate surface area is 145 Å². The minimum Gasteiger partial charge on any atom is -0.488 e. The van der Waals surface area contributed by atoms with E-state index in [1.165, 1.54) is 0 Å². The maximum Gasteiger partial charge on any atom is 0.188 e. The number of rotatable bonds is 7. The molecule has 1 aromatic rings. The standard InChI is InChI=1S/C16H27N3O.HI/c1-5-13(4)19-16(17)18-11-14(6-2)20-15-10-8-7-9-12(15)3;/h7-10,13-14H,5-6,11H2,1-4H3,(H3,17,18,19);1H. The first-order valence-corrected chi connectivity index (χ1v) is 7.35. The normalized spacial score (nSPS) is 14.0. The highest BCUT2D eigenvalue weighted by Gasteiger charge is 2.09. The Morgan fingerprint density at radius 1 is 1.29 bits per heavy atom. The zero-order valence-electron chi connectivity index (χ0n) is 13.4. The Bertz CT molecular complexity index is 437. The molecule has 0 aliphatic rings. The number of nitrogens with zero attached hydrogens (tertiary/aromatic N) is 1. The van der Waals surface area contributed by atoms with Gasteiger partial charge in [0.2, 0.25) is 0 Å². The molecule has 5 heteroatoms. The van der Waals surface area contributed by atoms with Gasteiger partial charge in [-0.15, -0.1) is 24.0 Å². The van der Waals surface area contributed by atoms with Gasteiger partial charge < -0.3 is 15.8 Å². The monoisotopic (exact) mass is 405 g/mol. The van der Waals surface area contributed by atoms with Crippen LogP contribution in [0.4, 0.5) is 0 Å². The molecule has 21 heavy (non-hydrogen) atoms. The predicted molar refractivity (Wildman–Crippen MR) is 101 cm³/mol. The SMILES string of the molecule is CCC(C)NC(N)=NCC(CC)Oc1ccccc1C.I. The van der Waals surface area contributed by atoms with Crippen molar-refractivity contribution in [3.8, 4) is 5.75 Å². The van der Waals surface area contributed by atoms with E-state index in [1.54, 1.807) is 0 Å². The van der Waals surface area contributed by atoms with Crippen LogP contribution in [0.2, 0.25) is 0 Å². The van der Waals surface area contributed by atoms with Crippen LogP contribution < -0.4 is 15.8 Å². The highest BCUT2D eigenvalue weighted by molar-refractivity contribution is 14.0. The molecule has 1 aromatic carbocycles. The first kappa shape index (κ1) is 20.0. The lowest BCUT2D eigenvalue weighted by Crippen LogP contribution is -2.38. The van der Waals surface area contributed by atoms with E-state index in [0.29, 0.717) is 18.5 Å². The minimum absolute atomic E-state index is 0. The number of benzene rings is 1. The summed E-state index contributed by atoms with van der Waals surface area (Å²) in [5.74, 6) is 1.41. The average Bonchev–Trinajstić information content (AvgIpc) is 2.45. The van der Waals surface area contributed by atoms with E-state index in [9.17, 15) is 0 Å². The maximum absolute atomic E-state index is 5.99. The number of guanidine groups is 1. The fourth-order valence-corrected chi connectivity index (χ4v) is 1.72. The largest absolute Gasteiger partial charge is 0.488 e. The highest BCUT2D eigenvalue weighted by atomic mass is 127. The molecule has 1 rings (SSSR count). The molecule has 0 aromatic heterocycles. The molecule has 0 aliphatic heterocycles. The molecule has 0 bridgehead atoms. The van der Waals surface area contributed by atoms with E-state index in [0.717, 1.165) is 24.2 Å². The highest BCUT2D eigenvalue weighted by Crippen LogP contribution is 2.18. The molecule has 0 amide bonds. The third kappa shape index (κ3) is 7.55. The van der Waals surface area contributed by atoms with Crippen LogP contribution in [-0.2, 0) is 0 Å². The summed E-state index contributed by atoms with van der Waals surface area (Å²) >= 11 is 0. The third-order valence-corrected chi connectivity index (χ3v) is 3.31. The Morgan fingerprint density at radius 3 is 2.52 bits per heavy atom. The third-order valence-electron chi connectivity index (χ3n) is 3.31. The van der Waals surface area contributed by atoms with E-state index >= 15 is 0 Å². The molecule has 0 fully saturated rings. The summed E-state index contributed by atoms with van der Waals surface area (Å²) in [6.45, 7) is 8.91. The quantitative estimate of drug-likeness (QED) is 0.415. The molecular formula is C16H28IN3O. The van der Waals surface area contributed by atoms with Crippen molar-refractivity contribution in [2.45, 2.75) is 52.7 Å². The van der Waals surface area contributed by atoms with Gasteiger partial charge in [0, 0.05) is 6.04 Å². The molecule has 120 valence electrons. The summed E-state index contributed by atoms with van der Waals surface area (Å²) in [6, 6.07) is 8.37. The molecule has 0 spiro atoms. The van der Waals surface area contributed by atoms with E-state index in [1.807, 2.05) is 31.2 Å². The van der Waals surface area contributed by atoms with Gasteiger partial charge in [-0.2, -0.15) is 0 Å². The Kier molecular flexibility index (Phi) is 10.2. The van der Waals surface area contributed by atoms with Crippen LogP contribution in [0.15, 0.2) is 29.3 Å². The molecule has 0 saturated heterocycles. The summed E-state index contributed by atoms with van der Waals surface area (Å²) in [4.78, 5) is 4.37.